The second kappa shape index (κ2) is 10.7. The van der Waals surface area contributed by atoms with E-state index in [9.17, 15) is 17.6 Å². The summed E-state index contributed by atoms with van der Waals surface area (Å²) < 4.78 is 45.1. The number of hydrogen-bond acceptors (Lipinski definition) is 4. The Balaban J connectivity index is 1.41. The van der Waals surface area contributed by atoms with Gasteiger partial charge in [-0.15, -0.1) is 0 Å². The molecule has 0 unspecified atom stereocenters. The van der Waals surface area contributed by atoms with Gasteiger partial charge in [0.15, 0.2) is 0 Å². The highest BCUT2D eigenvalue weighted by atomic mass is 32.2. The summed E-state index contributed by atoms with van der Waals surface area (Å²) >= 11 is 0. The van der Waals surface area contributed by atoms with Crippen LogP contribution in [0.15, 0.2) is 48.5 Å². The zero-order valence-corrected chi connectivity index (χ0v) is 18.5. The highest BCUT2D eigenvalue weighted by molar-refractivity contribution is 7.88. The van der Waals surface area contributed by atoms with Gasteiger partial charge in [0, 0.05) is 25.6 Å². The number of rotatable bonds is 9. The number of aryl methyl sites for hydroxylation is 1. The van der Waals surface area contributed by atoms with Crippen LogP contribution in [0.3, 0.4) is 0 Å². The molecule has 1 saturated heterocycles. The number of sulfonamides is 1. The summed E-state index contributed by atoms with van der Waals surface area (Å²) in [4.78, 5) is 12.5. The lowest BCUT2D eigenvalue weighted by Crippen LogP contribution is -2.43. The monoisotopic (exact) mass is 448 g/mol. The third-order valence-electron chi connectivity index (χ3n) is 5.60. The molecule has 0 aliphatic carbocycles. The van der Waals surface area contributed by atoms with E-state index in [-0.39, 0.29) is 17.6 Å². The van der Waals surface area contributed by atoms with Gasteiger partial charge in [0.2, 0.25) is 15.9 Å². The Morgan fingerprint density at radius 2 is 1.81 bits per heavy atom. The van der Waals surface area contributed by atoms with Crippen molar-refractivity contribution in [3.8, 4) is 5.75 Å². The molecule has 6 nitrogen and oxygen atoms in total. The molecule has 2 aromatic carbocycles. The average Bonchev–Trinajstić information content (AvgIpc) is 2.78. The number of ether oxygens (including phenoxy) is 1. The number of benzene rings is 2. The van der Waals surface area contributed by atoms with Crippen molar-refractivity contribution in [2.24, 2.45) is 5.92 Å². The summed E-state index contributed by atoms with van der Waals surface area (Å²) in [6.07, 6.45) is 2.61. The quantitative estimate of drug-likeness (QED) is 0.598. The second-order valence-corrected chi connectivity index (χ2v) is 9.73. The normalized spacial score (nSPS) is 15.5. The van der Waals surface area contributed by atoms with E-state index in [0.29, 0.717) is 38.0 Å². The number of amides is 1. The van der Waals surface area contributed by atoms with Gasteiger partial charge in [0.05, 0.1) is 12.9 Å². The zero-order valence-electron chi connectivity index (χ0n) is 17.7. The molecule has 1 heterocycles. The summed E-state index contributed by atoms with van der Waals surface area (Å²) in [5.41, 5.74) is 1.66. The molecule has 1 aliphatic heterocycles. The predicted octanol–water partition coefficient (Wildman–Crippen LogP) is 3.13. The highest BCUT2D eigenvalue weighted by Gasteiger charge is 2.31. The van der Waals surface area contributed by atoms with E-state index in [4.69, 9.17) is 4.74 Å². The molecule has 0 atom stereocenters. The summed E-state index contributed by atoms with van der Waals surface area (Å²) in [5.74, 6) is 0.102. The van der Waals surface area contributed by atoms with Crippen molar-refractivity contribution >= 4 is 15.9 Å². The Kier molecular flexibility index (Phi) is 8.03. The van der Waals surface area contributed by atoms with Gasteiger partial charge in [-0.05, 0) is 55.0 Å². The van der Waals surface area contributed by atoms with Crippen LogP contribution in [-0.2, 0) is 27.0 Å². The van der Waals surface area contributed by atoms with Crippen molar-refractivity contribution < 1.29 is 22.3 Å². The molecule has 0 spiro atoms. The van der Waals surface area contributed by atoms with E-state index >= 15 is 0 Å². The van der Waals surface area contributed by atoms with Crippen LogP contribution in [0.4, 0.5) is 4.39 Å². The highest BCUT2D eigenvalue weighted by Crippen LogP contribution is 2.22. The molecule has 0 radical (unpaired) electrons. The lowest BCUT2D eigenvalue weighted by Gasteiger charge is -2.30. The van der Waals surface area contributed by atoms with Crippen LogP contribution in [0.25, 0.3) is 0 Å². The van der Waals surface area contributed by atoms with E-state index in [0.717, 1.165) is 24.2 Å². The molecular weight excluding hydrogens is 419 g/mol. The van der Waals surface area contributed by atoms with Crippen LogP contribution in [-0.4, -0.2) is 45.4 Å². The number of halogens is 1. The number of carbonyl (C=O) groups excluding carboxylic acids is 1. The van der Waals surface area contributed by atoms with Gasteiger partial charge in [0.25, 0.3) is 0 Å². The van der Waals surface area contributed by atoms with Gasteiger partial charge in [-0.1, -0.05) is 30.3 Å². The number of nitrogens with zero attached hydrogens (tertiary/aromatic N) is 1. The van der Waals surface area contributed by atoms with Crippen LogP contribution >= 0.6 is 0 Å². The Hall–Kier alpha value is -2.45. The molecule has 0 aromatic heterocycles. The molecule has 2 aromatic rings. The molecule has 1 aliphatic rings. The van der Waals surface area contributed by atoms with Gasteiger partial charge in [0.1, 0.15) is 11.6 Å². The van der Waals surface area contributed by atoms with Gasteiger partial charge in [-0.3, -0.25) is 4.79 Å². The first kappa shape index (κ1) is 23.2. The number of piperidine rings is 1. The van der Waals surface area contributed by atoms with Crippen molar-refractivity contribution in [2.75, 3.05) is 26.7 Å². The van der Waals surface area contributed by atoms with Crippen molar-refractivity contribution in [2.45, 2.75) is 31.4 Å². The third-order valence-corrected chi connectivity index (χ3v) is 7.45. The van der Waals surface area contributed by atoms with Crippen molar-refractivity contribution in [1.82, 2.24) is 9.62 Å². The van der Waals surface area contributed by atoms with E-state index in [2.05, 4.69) is 5.32 Å². The lowest BCUT2D eigenvalue weighted by atomic mass is 9.97. The Labute approximate surface area is 183 Å². The Bertz CT molecular complexity index is 971. The minimum atomic E-state index is -3.49. The van der Waals surface area contributed by atoms with E-state index in [1.54, 1.807) is 7.11 Å². The maximum Gasteiger partial charge on any atom is 0.223 e. The maximum atomic E-state index is 13.0. The topological polar surface area (TPSA) is 75.7 Å². The molecule has 3 rings (SSSR count). The molecule has 31 heavy (non-hydrogen) atoms. The molecule has 1 fully saturated rings. The fourth-order valence-electron chi connectivity index (χ4n) is 3.82. The number of para-hydroxylation sites is 1. The molecule has 1 N–H and O–H groups in total. The summed E-state index contributed by atoms with van der Waals surface area (Å²) in [5, 5.41) is 2.98. The van der Waals surface area contributed by atoms with Gasteiger partial charge in [-0.25, -0.2) is 17.1 Å². The van der Waals surface area contributed by atoms with E-state index in [1.807, 2.05) is 24.3 Å². The summed E-state index contributed by atoms with van der Waals surface area (Å²) in [7, 11) is -1.84. The van der Waals surface area contributed by atoms with E-state index < -0.39 is 15.8 Å². The largest absolute Gasteiger partial charge is 0.496 e. The molecule has 0 saturated carbocycles. The molecule has 168 valence electrons. The third kappa shape index (κ3) is 6.51. The maximum absolute atomic E-state index is 13.0. The van der Waals surface area contributed by atoms with Crippen LogP contribution in [0.5, 0.6) is 5.75 Å². The first-order chi connectivity index (χ1) is 14.9. The van der Waals surface area contributed by atoms with E-state index in [1.165, 1.54) is 28.6 Å². The molecular formula is C23H29FN2O4S. The Morgan fingerprint density at radius 1 is 1.13 bits per heavy atom. The SMILES string of the molecule is COc1ccccc1CCCNC(=O)C1CCN(S(=O)(=O)Cc2ccc(F)cc2)CC1. The first-order valence-electron chi connectivity index (χ1n) is 10.5. The average molecular weight is 449 g/mol. The fourth-order valence-corrected chi connectivity index (χ4v) is 5.39. The van der Waals surface area contributed by atoms with Gasteiger partial charge < -0.3 is 10.1 Å². The van der Waals surface area contributed by atoms with Crippen molar-refractivity contribution in [1.29, 1.82) is 0 Å². The summed E-state index contributed by atoms with van der Waals surface area (Å²) in [6, 6.07) is 13.3. The second-order valence-electron chi connectivity index (χ2n) is 7.76. The van der Waals surface area contributed by atoms with Crippen molar-refractivity contribution in [3.63, 3.8) is 0 Å². The first-order valence-corrected chi connectivity index (χ1v) is 12.1. The number of hydrogen-bond donors (Lipinski definition) is 1. The number of nitrogens with one attached hydrogen (secondary N) is 1. The molecule has 0 bridgehead atoms. The van der Waals surface area contributed by atoms with Crippen molar-refractivity contribution in [3.05, 3.63) is 65.5 Å². The van der Waals surface area contributed by atoms with Crippen LogP contribution in [0.1, 0.15) is 30.4 Å². The number of methoxy groups -OCH3 is 1. The molecule has 1 amide bonds. The van der Waals surface area contributed by atoms with Crippen LogP contribution in [0, 0.1) is 11.7 Å². The van der Waals surface area contributed by atoms with Crippen LogP contribution < -0.4 is 10.1 Å². The summed E-state index contributed by atoms with van der Waals surface area (Å²) in [6.45, 7) is 1.21. The smallest absolute Gasteiger partial charge is 0.223 e. The minimum absolute atomic E-state index is 0.0180. The van der Waals surface area contributed by atoms with Gasteiger partial charge in [-0.2, -0.15) is 0 Å². The molecule has 8 heteroatoms. The Morgan fingerprint density at radius 3 is 2.48 bits per heavy atom. The number of carbonyl (C=O) groups is 1. The lowest BCUT2D eigenvalue weighted by molar-refractivity contribution is -0.126. The van der Waals surface area contributed by atoms with Crippen LogP contribution in [0.2, 0.25) is 0 Å². The predicted molar refractivity (Wildman–Crippen MR) is 118 cm³/mol. The standard InChI is InChI=1S/C23H29FN2O4S/c1-30-22-7-3-2-5-19(22)6-4-14-25-23(27)20-12-15-26(16-13-20)31(28,29)17-18-8-10-21(24)11-9-18/h2-3,5,7-11,20H,4,6,12-17H2,1H3,(H,25,27). The zero-order chi connectivity index (χ0) is 22.3. The van der Waals surface area contributed by atoms with Gasteiger partial charge >= 0.3 is 0 Å². The minimum Gasteiger partial charge on any atom is -0.496 e. The fraction of sp³-hybridized carbons (Fsp3) is 0.435.